The van der Waals surface area contributed by atoms with Crippen molar-refractivity contribution in [2.24, 2.45) is 11.7 Å². The lowest BCUT2D eigenvalue weighted by atomic mass is 9.86. The van der Waals surface area contributed by atoms with Crippen molar-refractivity contribution in [2.45, 2.75) is 19.5 Å². The Bertz CT molecular complexity index is 325. The molecule has 0 heterocycles. The summed E-state index contributed by atoms with van der Waals surface area (Å²) in [6, 6.07) is 7.06. The van der Waals surface area contributed by atoms with Gasteiger partial charge in [-0.2, -0.15) is 0 Å². The van der Waals surface area contributed by atoms with Crippen LogP contribution in [0.1, 0.15) is 19.4 Å². The lowest BCUT2D eigenvalue weighted by Gasteiger charge is -2.27. The second-order valence-corrected chi connectivity index (χ2v) is 3.94. The highest BCUT2D eigenvalue weighted by molar-refractivity contribution is 5.32. The number of nitrogens with two attached hydrogens (primary N) is 1. The Morgan fingerprint density at radius 2 is 2.20 bits per heavy atom. The maximum atomic E-state index is 14.4. The van der Waals surface area contributed by atoms with Crippen molar-refractivity contribution in [3.63, 3.8) is 0 Å². The SMILES string of the molecule is COc1cccc(C(C)(F)C(C)CN)c1. The predicted molar refractivity (Wildman–Crippen MR) is 59.7 cm³/mol. The molecule has 0 saturated carbocycles. The molecule has 2 atom stereocenters. The van der Waals surface area contributed by atoms with Gasteiger partial charge >= 0.3 is 0 Å². The zero-order valence-electron chi connectivity index (χ0n) is 9.46. The van der Waals surface area contributed by atoms with E-state index in [0.717, 1.165) is 0 Å². The first-order chi connectivity index (χ1) is 7.02. The van der Waals surface area contributed by atoms with E-state index in [1.807, 2.05) is 0 Å². The van der Waals surface area contributed by atoms with E-state index in [1.54, 1.807) is 45.2 Å². The second kappa shape index (κ2) is 4.62. The first kappa shape index (κ1) is 12.0. The van der Waals surface area contributed by atoms with Gasteiger partial charge in [-0.1, -0.05) is 19.1 Å². The van der Waals surface area contributed by atoms with Crippen LogP contribution in [0.3, 0.4) is 0 Å². The molecule has 2 N–H and O–H groups in total. The van der Waals surface area contributed by atoms with Crippen LogP contribution in [0.2, 0.25) is 0 Å². The predicted octanol–water partition coefficient (Wildman–Crippen LogP) is 2.47. The molecule has 0 spiro atoms. The van der Waals surface area contributed by atoms with Crippen molar-refractivity contribution in [1.82, 2.24) is 0 Å². The van der Waals surface area contributed by atoms with Crippen LogP contribution in [0.5, 0.6) is 5.75 Å². The Kier molecular flexibility index (Phi) is 3.69. The Hall–Kier alpha value is -1.09. The standard InChI is InChI=1S/C12H18FNO/c1-9(8-14)12(2,13)10-5-4-6-11(7-10)15-3/h4-7,9H,8,14H2,1-3H3. The summed E-state index contributed by atoms with van der Waals surface area (Å²) in [6.07, 6.45) is 0. The second-order valence-electron chi connectivity index (χ2n) is 3.94. The molecule has 15 heavy (non-hydrogen) atoms. The molecule has 0 aromatic heterocycles. The van der Waals surface area contributed by atoms with E-state index in [9.17, 15) is 4.39 Å². The molecular weight excluding hydrogens is 193 g/mol. The zero-order valence-corrected chi connectivity index (χ0v) is 9.46. The number of ether oxygens (including phenoxy) is 1. The number of benzene rings is 1. The van der Waals surface area contributed by atoms with Gasteiger partial charge in [0.05, 0.1) is 7.11 Å². The summed E-state index contributed by atoms with van der Waals surface area (Å²) in [5, 5.41) is 0. The van der Waals surface area contributed by atoms with E-state index in [0.29, 0.717) is 17.9 Å². The van der Waals surface area contributed by atoms with E-state index >= 15 is 0 Å². The highest BCUT2D eigenvalue weighted by Crippen LogP contribution is 2.34. The molecular formula is C12H18FNO. The topological polar surface area (TPSA) is 35.2 Å². The van der Waals surface area contributed by atoms with Gasteiger partial charge in [-0.25, -0.2) is 4.39 Å². The van der Waals surface area contributed by atoms with Gasteiger partial charge in [0, 0.05) is 5.92 Å². The average molecular weight is 211 g/mol. The van der Waals surface area contributed by atoms with Crippen LogP contribution in [0.15, 0.2) is 24.3 Å². The lowest BCUT2D eigenvalue weighted by Crippen LogP contribution is -2.30. The van der Waals surface area contributed by atoms with Crippen LogP contribution in [0.25, 0.3) is 0 Å². The zero-order chi connectivity index (χ0) is 11.5. The van der Waals surface area contributed by atoms with Crippen molar-refractivity contribution in [3.05, 3.63) is 29.8 Å². The summed E-state index contributed by atoms with van der Waals surface area (Å²) in [6.45, 7) is 3.68. The van der Waals surface area contributed by atoms with Crippen LogP contribution in [0, 0.1) is 5.92 Å². The van der Waals surface area contributed by atoms with Gasteiger partial charge in [-0.15, -0.1) is 0 Å². The highest BCUT2D eigenvalue weighted by atomic mass is 19.1. The van der Waals surface area contributed by atoms with Gasteiger partial charge < -0.3 is 10.5 Å². The Labute approximate surface area is 90.2 Å². The van der Waals surface area contributed by atoms with Crippen LogP contribution < -0.4 is 10.5 Å². The van der Waals surface area contributed by atoms with Crippen LogP contribution >= 0.6 is 0 Å². The molecule has 1 aromatic rings. The van der Waals surface area contributed by atoms with Crippen molar-refractivity contribution in [2.75, 3.05) is 13.7 Å². The maximum Gasteiger partial charge on any atom is 0.137 e. The summed E-state index contributed by atoms with van der Waals surface area (Å²) in [5.41, 5.74) is 4.69. The third kappa shape index (κ3) is 2.48. The average Bonchev–Trinajstić information content (AvgIpc) is 2.27. The smallest absolute Gasteiger partial charge is 0.137 e. The molecule has 0 saturated heterocycles. The van der Waals surface area contributed by atoms with Crippen molar-refractivity contribution in [3.8, 4) is 5.75 Å². The highest BCUT2D eigenvalue weighted by Gasteiger charge is 2.32. The molecule has 0 amide bonds. The minimum Gasteiger partial charge on any atom is -0.497 e. The summed E-state index contributed by atoms with van der Waals surface area (Å²) < 4.78 is 19.5. The van der Waals surface area contributed by atoms with E-state index < -0.39 is 5.67 Å². The summed E-state index contributed by atoms with van der Waals surface area (Å²) >= 11 is 0. The van der Waals surface area contributed by atoms with E-state index in [-0.39, 0.29) is 5.92 Å². The number of hydrogen-bond donors (Lipinski definition) is 1. The van der Waals surface area contributed by atoms with Gasteiger partial charge in [0.15, 0.2) is 0 Å². The summed E-state index contributed by atoms with van der Waals surface area (Å²) in [5.74, 6) is 0.449. The number of methoxy groups -OCH3 is 1. The third-order valence-corrected chi connectivity index (χ3v) is 2.91. The minimum absolute atomic E-state index is 0.218. The first-order valence-electron chi connectivity index (χ1n) is 5.06. The minimum atomic E-state index is -1.41. The molecule has 0 aliphatic rings. The van der Waals surface area contributed by atoms with Crippen molar-refractivity contribution < 1.29 is 9.13 Å². The number of hydrogen-bond acceptors (Lipinski definition) is 2. The molecule has 0 radical (unpaired) electrons. The Morgan fingerprint density at radius 1 is 1.53 bits per heavy atom. The fourth-order valence-corrected chi connectivity index (χ4v) is 1.43. The van der Waals surface area contributed by atoms with Gasteiger partial charge in [0.25, 0.3) is 0 Å². The number of alkyl halides is 1. The summed E-state index contributed by atoms with van der Waals surface area (Å²) in [7, 11) is 1.57. The summed E-state index contributed by atoms with van der Waals surface area (Å²) in [4.78, 5) is 0. The van der Waals surface area contributed by atoms with E-state index in [2.05, 4.69) is 0 Å². The fourth-order valence-electron chi connectivity index (χ4n) is 1.43. The number of halogens is 1. The Balaban J connectivity index is 3.03. The molecule has 1 rings (SSSR count). The first-order valence-corrected chi connectivity index (χ1v) is 5.06. The Morgan fingerprint density at radius 3 is 2.73 bits per heavy atom. The van der Waals surface area contributed by atoms with Gasteiger partial charge in [0.1, 0.15) is 11.4 Å². The van der Waals surface area contributed by atoms with Crippen LogP contribution in [-0.2, 0) is 5.67 Å². The molecule has 3 heteroatoms. The molecule has 0 fully saturated rings. The fraction of sp³-hybridized carbons (Fsp3) is 0.500. The molecule has 0 aliphatic carbocycles. The van der Waals surface area contributed by atoms with Gasteiger partial charge in [-0.05, 0) is 31.2 Å². The van der Waals surface area contributed by atoms with E-state index in [4.69, 9.17) is 10.5 Å². The molecule has 0 aliphatic heterocycles. The van der Waals surface area contributed by atoms with Gasteiger partial charge in [-0.3, -0.25) is 0 Å². The maximum absolute atomic E-state index is 14.4. The van der Waals surface area contributed by atoms with Crippen molar-refractivity contribution >= 4 is 0 Å². The van der Waals surface area contributed by atoms with Crippen molar-refractivity contribution in [1.29, 1.82) is 0 Å². The molecule has 0 bridgehead atoms. The number of rotatable bonds is 4. The normalized spacial score (nSPS) is 16.9. The third-order valence-electron chi connectivity index (χ3n) is 2.91. The molecule has 2 nitrogen and oxygen atoms in total. The molecule has 1 aromatic carbocycles. The quantitative estimate of drug-likeness (QED) is 0.830. The lowest BCUT2D eigenvalue weighted by molar-refractivity contribution is 0.116. The monoisotopic (exact) mass is 211 g/mol. The van der Waals surface area contributed by atoms with E-state index in [1.165, 1.54) is 0 Å². The van der Waals surface area contributed by atoms with Crippen LogP contribution in [-0.4, -0.2) is 13.7 Å². The van der Waals surface area contributed by atoms with Gasteiger partial charge in [0.2, 0.25) is 0 Å². The molecule has 2 unspecified atom stereocenters. The molecule has 84 valence electrons. The van der Waals surface area contributed by atoms with Crippen LogP contribution in [0.4, 0.5) is 4.39 Å². The largest absolute Gasteiger partial charge is 0.497 e.